The van der Waals surface area contributed by atoms with Crippen LogP contribution in [0.25, 0.3) is 0 Å². The molecular weight excluding hydrogens is 231 g/mol. The number of hydrogen-bond donors (Lipinski definition) is 1. The van der Waals surface area contributed by atoms with Gasteiger partial charge >= 0.3 is 0 Å². The van der Waals surface area contributed by atoms with Crippen molar-refractivity contribution in [2.45, 2.75) is 6.92 Å². The zero-order chi connectivity index (χ0) is 8.43. The number of hydrogen-bond acceptors (Lipinski definition) is 2. The van der Waals surface area contributed by atoms with E-state index >= 15 is 0 Å². The topological polar surface area (TPSA) is 52.6 Å². The molecule has 0 radical (unpaired) electrons. The highest BCUT2D eigenvalue weighted by atomic mass is 79.9. The van der Waals surface area contributed by atoms with Gasteiger partial charge in [0.1, 0.15) is 5.15 Å². The molecule has 0 aromatic carbocycles. The van der Waals surface area contributed by atoms with Crippen LogP contribution in [0.1, 0.15) is 5.56 Å². The molecule has 3 nitrogen and oxygen atoms in total. The highest BCUT2D eigenvalue weighted by molar-refractivity contribution is 9.10. The summed E-state index contributed by atoms with van der Waals surface area (Å²) in [5.74, 6) is 0. The van der Waals surface area contributed by atoms with Crippen molar-refractivity contribution in [3.63, 3.8) is 0 Å². The van der Waals surface area contributed by atoms with Gasteiger partial charge in [0.25, 0.3) is 0 Å². The standard InChI is InChI=1S/C6H6BrClN2O/c1-3-4(10-11)2-9-6(8)5(3)7/h2H,10H2,1H3. The molecule has 60 valence electrons. The lowest BCUT2D eigenvalue weighted by Crippen LogP contribution is -2.70. The van der Waals surface area contributed by atoms with Gasteiger partial charge in [-0.05, 0) is 22.9 Å². The van der Waals surface area contributed by atoms with Crippen molar-refractivity contribution in [3.8, 4) is 0 Å². The molecule has 0 aliphatic carbocycles. The van der Waals surface area contributed by atoms with Crippen LogP contribution in [0.3, 0.4) is 0 Å². The minimum Gasteiger partial charge on any atom is -0.630 e. The predicted molar refractivity (Wildman–Crippen MR) is 46.6 cm³/mol. The summed E-state index contributed by atoms with van der Waals surface area (Å²) in [6, 6.07) is 0. The van der Waals surface area contributed by atoms with Gasteiger partial charge in [0.05, 0.1) is 10.7 Å². The van der Waals surface area contributed by atoms with E-state index in [1.54, 1.807) is 6.92 Å². The Morgan fingerprint density at radius 2 is 2.36 bits per heavy atom. The Morgan fingerprint density at radius 1 is 1.73 bits per heavy atom. The lowest BCUT2D eigenvalue weighted by atomic mass is 10.3. The molecule has 2 N–H and O–H groups in total. The van der Waals surface area contributed by atoms with Crippen LogP contribution >= 0.6 is 27.5 Å². The minimum absolute atomic E-state index is 0.383. The summed E-state index contributed by atoms with van der Waals surface area (Å²) >= 11 is 8.89. The number of pyridine rings is 1. The summed E-state index contributed by atoms with van der Waals surface area (Å²) in [5, 5.41) is 10.8. The quantitative estimate of drug-likeness (QED) is 0.594. The Kier molecular flexibility index (Phi) is 2.84. The molecule has 11 heavy (non-hydrogen) atoms. The molecule has 1 rings (SSSR count). The highest BCUT2D eigenvalue weighted by Gasteiger charge is 2.07. The number of rotatable bonds is 1. The van der Waals surface area contributed by atoms with Gasteiger partial charge in [-0.3, -0.25) is 0 Å². The first-order valence-electron chi connectivity index (χ1n) is 2.92. The van der Waals surface area contributed by atoms with Gasteiger partial charge < -0.3 is 10.7 Å². The Bertz CT molecular complexity index is 280. The molecular formula is C6H6BrClN2O. The Hall–Kier alpha value is -0.160. The number of nitrogens with two attached hydrogens (primary N) is 1. The van der Waals surface area contributed by atoms with Gasteiger partial charge in [-0.1, -0.05) is 11.6 Å². The van der Waals surface area contributed by atoms with Crippen molar-refractivity contribution in [2.75, 3.05) is 0 Å². The lowest BCUT2D eigenvalue weighted by molar-refractivity contribution is -0.497. The van der Waals surface area contributed by atoms with Gasteiger partial charge in [0.15, 0.2) is 5.69 Å². The number of aromatic nitrogens is 1. The zero-order valence-corrected chi connectivity index (χ0v) is 8.11. The second-order valence-corrected chi connectivity index (χ2v) is 3.21. The Labute approximate surface area is 77.5 Å². The van der Waals surface area contributed by atoms with Crippen molar-refractivity contribution >= 4 is 33.2 Å². The van der Waals surface area contributed by atoms with E-state index in [-0.39, 0.29) is 0 Å². The van der Waals surface area contributed by atoms with E-state index < -0.39 is 0 Å². The molecule has 0 spiro atoms. The average molecular weight is 237 g/mol. The molecule has 1 aromatic rings. The summed E-state index contributed by atoms with van der Waals surface area (Å²) < 4.78 is 0.684. The molecule has 0 amide bonds. The molecule has 0 aliphatic heterocycles. The van der Waals surface area contributed by atoms with Crippen molar-refractivity contribution in [1.82, 2.24) is 4.98 Å². The summed E-state index contributed by atoms with van der Waals surface area (Å²) in [6.45, 7) is 1.81. The van der Waals surface area contributed by atoms with E-state index in [4.69, 9.17) is 11.6 Å². The van der Waals surface area contributed by atoms with Crippen LogP contribution in [0.2, 0.25) is 5.15 Å². The van der Waals surface area contributed by atoms with E-state index in [0.717, 1.165) is 11.0 Å². The molecule has 5 heteroatoms. The largest absolute Gasteiger partial charge is 0.630 e. The molecule has 0 unspecified atom stereocenters. The van der Waals surface area contributed by atoms with Crippen LogP contribution in [-0.2, 0) is 0 Å². The predicted octanol–water partition coefficient (Wildman–Crippen LogP) is 1.50. The average Bonchev–Trinajstić information content (AvgIpc) is 2.01. The molecule has 1 aromatic heterocycles. The van der Waals surface area contributed by atoms with Crippen molar-refractivity contribution in [3.05, 3.63) is 26.6 Å². The van der Waals surface area contributed by atoms with Gasteiger partial charge in [-0.15, -0.1) is 0 Å². The third-order valence-electron chi connectivity index (χ3n) is 1.39. The van der Waals surface area contributed by atoms with E-state index in [0.29, 0.717) is 15.3 Å². The normalized spacial score (nSPS) is 10.2. The SMILES string of the molecule is Cc1c([NH2+][O-])cnc(Cl)c1Br. The molecule has 0 saturated heterocycles. The van der Waals surface area contributed by atoms with Crippen molar-refractivity contribution in [2.24, 2.45) is 0 Å². The van der Waals surface area contributed by atoms with Crippen molar-refractivity contribution in [1.29, 1.82) is 0 Å². The van der Waals surface area contributed by atoms with Gasteiger partial charge in [0.2, 0.25) is 0 Å². The van der Waals surface area contributed by atoms with Crippen LogP contribution in [-0.4, -0.2) is 4.98 Å². The monoisotopic (exact) mass is 236 g/mol. The fraction of sp³-hybridized carbons (Fsp3) is 0.167. The molecule has 0 fully saturated rings. The first kappa shape index (κ1) is 8.93. The second-order valence-electron chi connectivity index (χ2n) is 2.06. The third-order valence-corrected chi connectivity index (χ3v) is 2.87. The fourth-order valence-corrected chi connectivity index (χ4v) is 1.20. The molecule has 0 aliphatic rings. The number of nitrogens with zero attached hydrogens (tertiary/aromatic N) is 1. The smallest absolute Gasteiger partial charge is 0.152 e. The summed E-state index contributed by atoms with van der Waals surface area (Å²) in [6.07, 6.45) is 1.45. The van der Waals surface area contributed by atoms with Crippen molar-refractivity contribution < 1.29 is 5.48 Å². The van der Waals surface area contributed by atoms with Crippen LogP contribution < -0.4 is 5.48 Å². The van der Waals surface area contributed by atoms with Crippen LogP contribution in [0.4, 0.5) is 5.69 Å². The van der Waals surface area contributed by atoms with Crippen LogP contribution in [0.15, 0.2) is 10.7 Å². The number of halogens is 2. The summed E-state index contributed by atoms with van der Waals surface area (Å²) in [4.78, 5) is 3.80. The minimum atomic E-state index is 0.383. The van der Waals surface area contributed by atoms with E-state index in [1.165, 1.54) is 6.20 Å². The maximum Gasteiger partial charge on any atom is 0.152 e. The molecule has 0 atom stereocenters. The summed E-state index contributed by atoms with van der Waals surface area (Å²) in [7, 11) is 0. The lowest BCUT2D eigenvalue weighted by Gasteiger charge is -2.06. The first-order chi connectivity index (χ1) is 5.16. The van der Waals surface area contributed by atoms with Gasteiger partial charge in [-0.25, -0.2) is 4.98 Å². The van der Waals surface area contributed by atoms with Crippen LogP contribution in [0.5, 0.6) is 0 Å². The van der Waals surface area contributed by atoms with Gasteiger partial charge in [0, 0.05) is 5.56 Å². The van der Waals surface area contributed by atoms with E-state index in [1.807, 2.05) is 0 Å². The summed E-state index contributed by atoms with van der Waals surface area (Å²) in [5.41, 5.74) is 2.13. The molecule has 0 bridgehead atoms. The maximum atomic E-state index is 10.4. The third kappa shape index (κ3) is 1.70. The Balaban J connectivity index is 3.25. The Morgan fingerprint density at radius 3 is 2.91 bits per heavy atom. The van der Waals surface area contributed by atoms with E-state index in [9.17, 15) is 5.21 Å². The zero-order valence-electron chi connectivity index (χ0n) is 5.77. The first-order valence-corrected chi connectivity index (χ1v) is 4.09. The second kappa shape index (κ2) is 3.49. The van der Waals surface area contributed by atoms with Gasteiger partial charge in [-0.2, -0.15) is 0 Å². The highest BCUT2D eigenvalue weighted by Crippen LogP contribution is 2.26. The number of quaternary nitrogens is 1. The molecule has 1 heterocycles. The van der Waals surface area contributed by atoms with Crippen LogP contribution in [0, 0.1) is 12.1 Å². The molecule has 0 saturated carbocycles. The maximum absolute atomic E-state index is 10.4. The fourth-order valence-electron chi connectivity index (χ4n) is 0.680. The van der Waals surface area contributed by atoms with E-state index in [2.05, 4.69) is 20.9 Å².